The van der Waals surface area contributed by atoms with E-state index in [4.69, 9.17) is 10.1 Å². The van der Waals surface area contributed by atoms with Crippen LogP contribution >= 0.6 is 0 Å². The highest BCUT2D eigenvalue weighted by molar-refractivity contribution is 7.91. The Morgan fingerprint density at radius 1 is 1.37 bits per heavy atom. The van der Waals surface area contributed by atoms with Crippen molar-refractivity contribution in [2.24, 2.45) is 5.92 Å². The fraction of sp³-hybridized carbons (Fsp3) is 0.550. The molecule has 2 aromatic heterocycles. The number of hydrogen-bond donors (Lipinski definition) is 2. The standard InChI is InChI=1S/C20H24N6O3S/c1-2-26-19-16(12-23-26)18(24-14-3-5-30(27,28)6-4-14)15(11-22-19)17-9-20(29-25-17)7-13(8-20)10-21/h9,11-14,25H,2-8H2,1H3,(H,22,24). The maximum Gasteiger partial charge on any atom is 0.159 e. The monoisotopic (exact) mass is 428 g/mol. The van der Waals surface area contributed by atoms with Crippen LogP contribution in [0.4, 0.5) is 5.69 Å². The number of fused-ring (bicyclic) bond motifs is 1. The first-order chi connectivity index (χ1) is 14.4. The molecule has 5 rings (SSSR count). The highest BCUT2D eigenvalue weighted by atomic mass is 32.2. The Hall–Kier alpha value is -2.64. The lowest BCUT2D eigenvalue weighted by Gasteiger charge is -2.37. The number of nitriles is 1. The molecular formula is C20H24N6O3S. The molecule has 2 N–H and O–H groups in total. The van der Waals surface area contributed by atoms with Gasteiger partial charge >= 0.3 is 0 Å². The van der Waals surface area contributed by atoms with Crippen molar-refractivity contribution in [2.45, 2.75) is 50.8 Å². The van der Waals surface area contributed by atoms with Crippen LogP contribution in [0.25, 0.3) is 16.7 Å². The third-order valence-corrected chi connectivity index (χ3v) is 8.01. The normalized spacial score (nSPS) is 23.0. The summed E-state index contributed by atoms with van der Waals surface area (Å²) >= 11 is 0. The minimum Gasteiger partial charge on any atom is -0.381 e. The SMILES string of the molecule is CCn1ncc2c(NC3CCS(=O)(=O)CC3)c(C3=CC4(CC(C#N)C4)ON3)cnc21. The Labute approximate surface area is 175 Å². The summed E-state index contributed by atoms with van der Waals surface area (Å²) < 4.78 is 25.5. The number of hydroxylamine groups is 1. The van der Waals surface area contributed by atoms with Crippen LogP contribution in [0.1, 0.15) is 38.2 Å². The van der Waals surface area contributed by atoms with Gasteiger partial charge in [0, 0.05) is 24.3 Å². The summed E-state index contributed by atoms with van der Waals surface area (Å²) in [5, 5.41) is 18.0. The molecule has 10 heteroatoms. The number of anilines is 1. The number of nitrogens with zero attached hydrogens (tertiary/aromatic N) is 4. The van der Waals surface area contributed by atoms with E-state index in [0.29, 0.717) is 32.2 Å². The number of aromatic nitrogens is 3. The maximum atomic E-state index is 11.8. The topological polar surface area (TPSA) is 122 Å². The quantitative estimate of drug-likeness (QED) is 0.758. The van der Waals surface area contributed by atoms with E-state index in [1.165, 1.54) is 0 Å². The molecule has 0 atom stereocenters. The number of hydrogen-bond acceptors (Lipinski definition) is 8. The summed E-state index contributed by atoms with van der Waals surface area (Å²) in [5.41, 5.74) is 5.95. The predicted molar refractivity (Wildman–Crippen MR) is 112 cm³/mol. The Bertz CT molecular complexity index is 1160. The molecule has 0 aromatic carbocycles. The number of sulfone groups is 1. The van der Waals surface area contributed by atoms with Crippen molar-refractivity contribution in [3.63, 3.8) is 0 Å². The van der Waals surface area contributed by atoms with Crippen LogP contribution < -0.4 is 10.8 Å². The fourth-order valence-electron chi connectivity index (χ4n) is 4.53. The zero-order valence-electron chi connectivity index (χ0n) is 16.8. The lowest BCUT2D eigenvalue weighted by molar-refractivity contribution is -0.0982. The summed E-state index contributed by atoms with van der Waals surface area (Å²) in [6.07, 6.45) is 8.15. The molecule has 2 aromatic rings. The first-order valence-electron chi connectivity index (χ1n) is 10.3. The Balaban J connectivity index is 1.51. The molecule has 9 nitrogen and oxygen atoms in total. The van der Waals surface area contributed by atoms with E-state index in [2.05, 4.69) is 26.9 Å². The first-order valence-corrected chi connectivity index (χ1v) is 12.1. The van der Waals surface area contributed by atoms with Gasteiger partial charge in [-0.2, -0.15) is 10.4 Å². The number of pyridine rings is 1. The van der Waals surface area contributed by atoms with Crippen LogP contribution in [0, 0.1) is 17.2 Å². The van der Waals surface area contributed by atoms with Crippen LogP contribution in [-0.2, 0) is 21.2 Å². The van der Waals surface area contributed by atoms with Crippen molar-refractivity contribution in [2.75, 3.05) is 16.8 Å². The van der Waals surface area contributed by atoms with Gasteiger partial charge < -0.3 is 5.32 Å². The molecule has 0 unspecified atom stereocenters. The molecule has 1 saturated heterocycles. The average molecular weight is 429 g/mol. The van der Waals surface area contributed by atoms with E-state index in [1.807, 2.05) is 17.7 Å². The molecule has 3 aliphatic rings. The third-order valence-electron chi connectivity index (χ3n) is 6.30. The largest absolute Gasteiger partial charge is 0.381 e. The highest BCUT2D eigenvalue weighted by Gasteiger charge is 2.48. The van der Waals surface area contributed by atoms with Crippen molar-refractivity contribution in [1.29, 1.82) is 5.26 Å². The number of aryl methyl sites for hydroxylation is 1. The van der Waals surface area contributed by atoms with Gasteiger partial charge in [0.1, 0.15) is 15.4 Å². The Kier molecular flexibility index (Phi) is 4.48. The smallest absolute Gasteiger partial charge is 0.159 e. The van der Waals surface area contributed by atoms with Crippen LogP contribution in [0.2, 0.25) is 0 Å². The summed E-state index contributed by atoms with van der Waals surface area (Å²) in [5.74, 6) is 0.420. The molecule has 4 heterocycles. The summed E-state index contributed by atoms with van der Waals surface area (Å²) in [7, 11) is -2.93. The van der Waals surface area contributed by atoms with Crippen molar-refractivity contribution < 1.29 is 13.3 Å². The molecule has 1 spiro atoms. The van der Waals surface area contributed by atoms with Crippen molar-refractivity contribution >= 4 is 32.3 Å². The molecule has 1 aliphatic carbocycles. The predicted octanol–water partition coefficient (Wildman–Crippen LogP) is 1.99. The van der Waals surface area contributed by atoms with Gasteiger partial charge in [-0.3, -0.25) is 10.3 Å². The van der Waals surface area contributed by atoms with Gasteiger partial charge in [-0.05, 0) is 38.7 Å². The summed E-state index contributed by atoms with van der Waals surface area (Å²) in [6, 6.07) is 2.35. The molecular weight excluding hydrogens is 404 g/mol. The van der Waals surface area contributed by atoms with E-state index >= 15 is 0 Å². The van der Waals surface area contributed by atoms with E-state index in [0.717, 1.165) is 28.0 Å². The van der Waals surface area contributed by atoms with Gasteiger partial charge in [-0.1, -0.05) is 0 Å². The summed E-state index contributed by atoms with van der Waals surface area (Å²) in [6.45, 7) is 2.72. The van der Waals surface area contributed by atoms with Gasteiger partial charge in [0.25, 0.3) is 0 Å². The Morgan fingerprint density at radius 2 is 2.13 bits per heavy atom. The zero-order chi connectivity index (χ0) is 20.9. The zero-order valence-corrected chi connectivity index (χ0v) is 17.6. The molecule has 1 saturated carbocycles. The Morgan fingerprint density at radius 3 is 2.83 bits per heavy atom. The molecule has 0 radical (unpaired) electrons. The van der Waals surface area contributed by atoms with Gasteiger partial charge in [-0.25, -0.2) is 18.1 Å². The van der Waals surface area contributed by atoms with Crippen LogP contribution in [-0.4, -0.2) is 46.3 Å². The van der Waals surface area contributed by atoms with Gasteiger partial charge in [-0.15, -0.1) is 0 Å². The van der Waals surface area contributed by atoms with Crippen molar-refractivity contribution in [3.8, 4) is 6.07 Å². The van der Waals surface area contributed by atoms with E-state index in [-0.39, 0.29) is 23.5 Å². The minimum atomic E-state index is -2.93. The average Bonchev–Trinajstić information content (AvgIpc) is 3.33. The summed E-state index contributed by atoms with van der Waals surface area (Å²) in [4.78, 5) is 10.5. The lowest BCUT2D eigenvalue weighted by Crippen LogP contribution is -2.43. The van der Waals surface area contributed by atoms with Crippen LogP contribution in [0.3, 0.4) is 0 Å². The lowest BCUT2D eigenvalue weighted by atomic mass is 9.71. The maximum absolute atomic E-state index is 11.8. The van der Waals surface area contributed by atoms with Gasteiger partial charge in [0.05, 0.1) is 46.5 Å². The second-order valence-electron chi connectivity index (χ2n) is 8.38. The van der Waals surface area contributed by atoms with Gasteiger partial charge in [0.15, 0.2) is 5.65 Å². The van der Waals surface area contributed by atoms with Gasteiger partial charge in [0.2, 0.25) is 0 Å². The van der Waals surface area contributed by atoms with Crippen LogP contribution in [0.15, 0.2) is 18.5 Å². The fourth-order valence-corrected chi connectivity index (χ4v) is 6.03. The van der Waals surface area contributed by atoms with E-state index < -0.39 is 15.4 Å². The number of nitrogens with one attached hydrogen (secondary N) is 2. The minimum absolute atomic E-state index is 0.0209. The van der Waals surface area contributed by atoms with E-state index in [9.17, 15) is 8.42 Å². The molecule has 158 valence electrons. The molecule has 30 heavy (non-hydrogen) atoms. The first kappa shape index (κ1) is 19.3. The van der Waals surface area contributed by atoms with Crippen molar-refractivity contribution in [3.05, 3.63) is 24.0 Å². The molecule has 0 bridgehead atoms. The van der Waals surface area contributed by atoms with E-state index in [1.54, 1.807) is 12.4 Å². The molecule has 2 fully saturated rings. The third kappa shape index (κ3) is 3.22. The van der Waals surface area contributed by atoms with Crippen LogP contribution in [0.5, 0.6) is 0 Å². The highest BCUT2D eigenvalue weighted by Crippen LogP contribution is 2.46. The van der Waals surface area contributed by atoms with Crippen molar-refractivity contribution in [1.82, 2.24) is 20.2 Å². The molecule has 2 aliphatic heterocycles. The molecule has 0 amide bonds. The second kappa shape index (κ2) is 6.96. The second-order valence-corrected chi connectivity index (χ2v) is 10.7. The number of rotatable bonds is 4.